The minimum atomic E-state index is -0.574. The van der Waals surface area contributed by atoms with E-state index < -0.39 is 66.5 Å². The Balaban J connectivity index is 1.29. The molecule has 0 unspecified atom stereocenters. The average Bonchev–Trinajstić information content (AvgIpc) is 3.85. The molecule has 0 aliphatic rings. The lowest BCUT2D eigenvalue weighted by molar-refractivity contribution is 0.669. The second-order valence-corrected chi connectivity index (χ2v) is 11.1. The average molecular weight is 628 g/mol. The van der Waals surface area contributed by atoms with Gasteiger partial charge in [0, 0.05) is 32.7 Å². The molecule has 5 heteroatoms. The van der Waals surface area contributed by atoms with Crippen molar-refractivity contribution in [3.63, 3.8) is 0 Å². The van der Waals surface area contributed by atoms with E-state index in [1.54, 1.807) is 42.5 Å². The Hall–Kier alpha value is -6.59. The van der Waals surface area contributed by atoms with Crippen LogP contribution in [0.1, 0.15) is 16.4 Å². The van der Waals surface area contributed by atoms with Crippen molar-refractivity contribution in [2.24, 2.45) is 0 Å². The number of benzene rings is 7. The number of aromatic nitrogens is 3. The van der Waals surface area contributed by atoms with Crippen molar-refractivity contribution in [3.8, 4) is 45.3 Å². The molecule has 7 aromatic carbocycles. The van der Waals surface area contributed by atoms with Gasteiger partial charge in [-0.2, -0.15) is 0 Å². The van der Waals surface area contributed by atoms with Crippen LogP contribution in [-0.4, -0.2) is 15.0 Å². The Morgan fingerprint density at radius 1 is 0.396 bits per heavy atom. The molecule has 0 N–H and O–H groups in total. The lowest BCUT2D eigenvalue weighted by Crippen LogP contribution is -2.01. The summed E-state index contributed by atoms with van der Waals surface area (Å²) in [5, 5.41) is 2.75. The third kappa shape index (κ3) is 4.08. The van der Waals surface area contributed by atoms with Crippen LogP contribution in [0.25, 0.3) is 99.9 Å². The van der Waals surface area contributed by atoms with Gasteiger partial charge in [-0.15, -0.1) is 0 Å². The second-order valence-electron chi connectivity index (χ2n) is 11.1. The zero-order chi connectivity index (χ0) is 42.0. The molecule has 0 aliphatic heterocycles. The highest BCUT2D eigenvalue weighted by molar-refractivity contribution is 6.16. The molecule has 0 amide bonds. The predicted octanol–water partition coefficient (Wildman–Crippen LogP) is 11.5. The van der Waals surface area contributed by atoms with Gasteiger partial charge in [0.15, 0.2) is 17.5 Å². The summed E-state index contributed by atoms with van der Waals surface area (Å²) in [6.07, 6.45) is 0. The Labute approximate surface area is 291 Å². The first-order chi connectivity index (χ1) is 28.8. The smallest absolute Gasteiger partial charge is 0.167 e. The standard InChI is InChI=1S/C43H25N3O2/c1-2-12-26(13-3-1)41-44-42(46-43(45-41)35-20-10-19-32-30-16-6-8-21-36(30)48-40(32)35)33-25-24-29(27-14-4-5-15-28(27)33)31-18-11-23-38-39(31)34-17-7-9-22-37(34)47-38/h1-25H/i1D,2D,3D,7D,9D,11D,12D,13D,17D,18D,22D,23D. The van der Waals surface area contributed by atoms with Crippen molar-refractivity contribution in [2.45, 2.75) is 0 Å². The van der Waals surface area contributed by atoms with Crippen molar-refractivity contribution >= 4 is 54.6 Å². The number of hydrogen-bond acceptors (Lipinski definition) is 5. The molecule has 0 saturated carbocycles. The molecule has 0 saturated heterocycles. The van der Waals surface area contributed by atoms with E-state index in [-0.39, 0.29) is 56.6 Å². The van der Waals surface area contributed by atoms with Crippen molar-refractivity contribution in [1.29, 1.82) is 0 Å². The van der Waals surface area contributed by atoms with Crippen LogP contribution in [0.15, 0.2) is 160 Å². The number of para-hydroxylation sites is 3. The van der Waals surface area contributed by atoms with E-state index in [0.717, 1.165) is 10.8 Å². The van der Waals surface area contributed by atoms with Gasteiger partial charge < -0.3 is 8.83 Å². The highest BCUT2D eigenvalue weighted by Crippen LogP contribution is 2.42. The van der Waals surface area contributed by atoms with Crippen molar-refractivity contribution in [1.82, 2.24) is 15.0 Å². The number of nitrogens with zero attached hydrogens (tertiary/aromatic N) is 3. The van der Waals surface area contributed by atoms with Crippen LogP contribution in [0.4, 0.5) is 0 Å². The molecule has 0 atom stereocenters. The largest absolute Gasteiger partial charge is 0.456 e. The molecule has 5 nitrogen and oxygen atoms in total. The lowest BCUT2D eigenvalue weighted by atomic mass is 9.92. The van der Waals surface area contributed by atoms with Gasteiger partial charge in [-0.25, -0.2) is 15.0 Å². The number of furan rings is 2. The maximum absolute atomic E-state index is 9.16. The monoisotopic (exact) mass is 627 g/mol. The summed E-state index contributed by atoms with van der Waals surface area (Å²) < 4.78 is 115. The molecule has 3 heterocycles. The molecule has 224 valence electrons. The highest BCUT2D eigenvalue weighted by atomic mass is 16.3. The summed E-state index contributed by atoms with van der Waals surface area (Å²) >= 11 is 0. The Morgan fingerprint density at radius 3 is 1.94 bits per heavy atom. The number of fused-ring (bicyclic) bond motifs is 7. The van der Waals surface area contributed by atoms with E-state index in [0.29, 0.717) is 38.6 Å². The van der Waals surface area contributed by atoms with Crippen LogP contribution in [0, 0.1) is 0 Å². The summed E-state index contributed by atoms with van der Waals surface area (Å²) in [7, 11) is 0. The topological polar surface area (TPSA) is 65.0 Å². The molecule has 10 aromatic rings. The Morgan fingerprint density at radius 2 is 1.06 bits per heavy atom. The summed E-state index contributed by atoms with van der Waals surface area (Å²) in [5.41, 5.74) is 1.88. The maximum atomic E-state index is 9.16. The van der Waals surface area contributed by atoms with Crippen molar-refractivity contribution in [2.75, 3.05) is 0 Å². The predicted molar refractivity (Wildman–Crippen MR) is 194 cm³/mol. The molecule has 0 fully saturated rings. The first kappa shape index (κ1) is 17.4. The van der Waals surface area contributed by atoms with Crippen LogP contribution in [-0.2, 0) is 0 Å². The second kappa shape index (κ2) is 10.5. The van der Waals surface area contributed by atoms with E-state index in [1.165, 1.54) is 0 Å². The summed E-state index contributed by atoms with van der Waals surface area (Å²) in [4.78, 5) is 14.4. The van der Waals surface area contributed by atoms with Crippen molar-refractivity contribution in [3.05, 3.63) is 151 Å². The van der Waals surface area contributed by atoms with E-state index in [9.17, 15) is 0 Å². The van der Waals surface area contributed by atoms with Crippen molar-refractivity contribution < 1.29 is 25.3 Å². The quantitative estimate of drug-likeness (QED) is 0.194. The van der Waals surface area contributed by atoms with Crippen LogP contribution in [0.3, 0.4) is 0 Å². The van der Waals surface area contributed by atoms with Crippen LogP contribution in [0.5, 0.6) is 0 Å². The van der Waals surface area contributed by atoms with Gasteiger partial charge in [-0.1, -0.05) is 121 Å². The van der Waals surface area contributed by atoms with Gasteiger partial charge in [-0.05, 0) is 52.2 Å². The first-order valence-corrected chi connectivity index (χ1v) is 15.0. The molecule has 48 heavy (non-hydrogen) atoms. The summed E-state index contributed by atoms with van der Waals surface area (Å²) in [6.45, 7) is 0. The zero-order valence-electron chi connectivity index (χ0n) is 36.7. The third-order valence-corrected chi connectivity index (χ3v) is 8.39. The fraction of sp³-hybridized carbons (Fsp3) is 0. The van der Waals surface area contributed by atoms with E-state index in [4.69, 9.17) is 40.2 Å². The molecule has 0 aliphatic carbocycles. The number of hydrogen-bond donors (Lipinski definition) is 0. The summed E-state index contributed by atoms with van der Waals surface area (Å²) in [5.74, 6) is -0.0227. The molecule has 0 radical (unpaired) electrons. The van der Waals surface area contributed by atoms with Gasteiger partial charge in [0.05, 0.1) is 22.0 Å². The molecule has 10 rings (SSSR count). The van der Waals surface area contributed by atoms with Gasteiger partial charge in [-0.3, -0.25) is 0 Å². The maximum Gasteiger partial charge on any atom is 0.167 e. The molecule has 3 aromatic heterocycles. The lowest BCUT2D eigenvalue weighted by Gasteiger charge is -2.14. The fourth-order valence-corrected chi connectivity index (χ4v) is 6.29. The van der Waals surface area contributed by atoms with Gasteiger partial charge in [0.1, 0.15) is 22.3 Å². The van der Waals surface area contributed by atoms with Crippen LogP contribution < -0.4 is 0 Å². The van der Waals surface area contributed by atoms with Crippen LogP contribution in [0.2, 0.25) is 0 Å². The fourth-order valence-electron chi connectivity index (χ4n) is 6.29. The highest BCUT2D eigenvalue weighted by Gasteiger charge is 2.20. The summed E-state index contributed by atoms with van der Waals surface area (Å²) in [6, 6.07) is 17.5. The molecule has 0 bridgehead atoms. The zero-order valence-corrected chi connectivity index (χ0v) is 24.7. The Bertz CT molecular complexity index is 3520. The molecule has 0 spiro atoms. The van der Waals surface area contributed by atoms with Gasteiger partial charge in [0.25, 0.3) is 0 Å². The van der Waals surface area contributed by atoms with Gasteiger partial charge in [0.2, 0.25) is 0 Å². The van der Waals surface area contributed by atoms with E-state index in [1.807, 2.05) is 36.4 Å². The normalized spacial score (nSPS) is 15.2. The Kier molecular flexibility index (Phi) is 3.79. The number of rotatable bonds is 4. The molecular weight excluding hydrogens is 590 g/mol. The SMILES string of the molecule is [2H]c1c([2H])c([2H])c(-c2nc(-c3ccc(-c4c([2H])c([2H])c([2H])c5oc6c([2H])c([2H])c([2H])c([2H])c6c45)c4ccccc34)nc(-c3cccc4c3oc3ccccc34)n2)c([2H])c1[2H]. The van der Waals surface area contributed by atoms with E-state index >= 15 is 0 Å². The first-order valence-electron chi connectivity index (χ1n) is 21.0. The van der Waals surface area contributed by atoms with Gasteiger partial charge >= 0.3 is 0 Å². The third-order valence-electron chi connectivity index (χ3n) is 8.39. The minimum Gasteiger partial charge on any atom is -0.456 e. The molecular formula is C43H25N3O2. The minimum absolute atomic E-state index is 0.0220. The van der Waals surface area contributed by atoms with Crippen LogP contribution >= 0.6 is 0 Å². The van der Waals surface area contributed by atoms with E-state index in [2.05, 4.69) is 0 Å².